The Morgan fingerprint density at radius 3 is 1.97 bits per heavy atom. The summed E-state index contributed by atoms with van der Waals surface area (Å²) < 4.78 is 27.9. The molecule has 0 bridgehead atoms. The average Bonchev–Trinajstić information content (AvgIpc) is 3.11. The molecule has 0 saturated carbocycles. The molecule has 1 aliphatic heterocycles. The summed E-state index contributed by atoms with van der Waals surface area (Å²) in [5, 5.41) is 7.51. The predicted octanol–water partition coefficient (Wildman–Crippen LogP) is 1.72. The molecule has 0 radical (unpaired) electrons. The molecule has 3 amide bonds. The molecular formula is C25H21N3O7S. The van der Waals surface area contributed by atoms with Crippen LogP contribution in [0.3, 0.4) is 0 Å². The standard InChI is InChI=1S/C25H21N3O7S/c26-36(33,34)18-12-10-17(11-13-18)27-22(29)15-35-25(32)21(14-16-6-2-1-3-7-16)28-23(30)19-8-4-5-9-20(19)24(28)31/h1-13,21H,14-15H2,(H,27,29)(H2,26,33,34)/t21-/m1/s1. The molecule has 1 aliphatic rings. The van der Waals surface area contributed by atoms with E-state index in [1.165, 1.54) is 36.4 Å². The van der Waals surface area contributed by atoms with E-state index in [0.717, 1.165) is 4.90 Å². The highest BCUT2D eigenvalue weighted by atomic mass is 32.2. The molecule has 4 rings (SSSR count). The second-order valence-corrected chi connectivity index (χ2v) is 9.52. The number of nitrogens with one attached hydrogen (secondary N) is 1. The van der Waals surface area contributed by atoms with Crippen LogP contribution in [0.5, 0.6) is 0 Å². The number of anilines is 1. The molecule has 3 aromatic carbocycles. The van der Waals surface area contributed by atoms with Crippen molar-refractivity contribution < 1.29 is 32.3 Å². The van der Waals surface area contributed by atoms with Crippen LogP contribution in [0.1, 0.15) is 26.3 Å². The van der Waals surface area contributed by atoms with Crippen molar-refractivity contribution in [2.45, 2.75) is 17.4 Å². The van der Waals surface area contributed by atoms with Gasteiger partial charge in [-0.3, -0.25) is 19.3 Å². The molecular weight excluding hydrogens is 486 g/mol. The number of primary sulfonamides is 1. The van der Waals surface area contributed by atoms with Gasteiger partial charge in [-0.05, 0) is 42.0 Å². The van der Waals surface area contributed by atoms with Gasteiger partial charge in [-0.15, -0.1) is 0 Å². The molecule has 1 atom stereocenters. The Bertz CT molecular complexity index is 1400. The molecule has 0 aliphatic carbocycles. The number of esters is 1. The van der Waals surface area contributed by atoms with Crippen LogP contribution >= 0.6 is 0 Å². The Kier molecular flexibility index (Phi) is 6.95. The molecule has 36 heavy (non-hydrogen) atoms. The Balaban J connectivity index is 1.48. The summed E-state index contributed by atoms with van der Waals surface area (Å²) >= 11 is 0. The molecule has 0 aromatic heterocycles. The van der Waals surface area contributed by atoms with Gasteiger partial charge in [0.25, 0.3) is 17.7 Å². The van der Waals surface area contributed by atoms with Gasteiger partial charge in [-0.1, -0.05) is 42.5 Å². The highest BCUT2D eigenvalue weighted by Gasteiger charge is 2.43. The first-order valence-corrected chi connectivity index (χ1v) is 12.3. The van der Waals surface area contributed by atoms with Crippen LogP contribution < -0.4 is 10.5 Å². The van der Waals surface area contributed by atoms with Crippen molar-refractivity contribution in [3.8, 4) is 0 Å². The molecule has 0 spiro atoms. The number of benzene rings is 3. The van der Waals surface area contributed by atoms with Crippen molar-refractivity contribution in [3.05, 3.63) is 95.6 Å². The van der Waals surface area contributed by atoms with Gasteiger partial charge in [0.2, 0.25) is 10.0 Å². The summed E-state index contributed by atoms with van der Waals surface area (Å²) in [4.78, 5) is 52.1. The van der Waals surface area contributed by atoms with Crippen LogP contribution in [0.25, 0.3) is 0 Å². The quantitative estimate of drug-likeness (QED) is 0.348. The number of carbonyl (C=O) groups excluding carboxylic acids is 4. The van der Waals surface area contributed by atoms with E-state index in [2.05, 4.69) is 5.32 Å². The van der Waals surface area contributed by atoms with Crippen molar-refractivity contribution in [1.29, 1.82) is 0 Å². The van der Waals surface area contributed by atoms with Crippen LogP contribution in [0, 0.1) is 0 Å². The molecule has 0 saturated heterocycles. The number of imide groups is 1. The van der Waals surface area contributed by atoms with E-state index in [4.69, 9.17) is 9.88 Å². The first-order chi connectivity index (χ1) is 17.1. The third-order valence-electron chi connectivity index (χ3n) is 5.49. The van der Waals surface area contributed by atoms with Crippen molar-refractivity contribution in [3.63, 3.8) is 0 Å². The number of hydrogen-bond donors (Lipinski definition) is 2. The van der Waals surface area contributed by atoms with Crippen LogP contribution in [0.15, 0.2) is 83.8 Å². The minimum Gasteiger partial charge on any atom is -0.454 e. The largest absolute Gasteiger partial charge is 0.454 e. The van der Waals surface area contributed by atoms with Gasteiger partial charge < -0.3 is 10.1 Å². The van der Waals surface area contributed by atoms with Crippen molar-refractivity contribution >= 4 is 39.4 Å². The first-order valence-electron chi connectivity index (χ1n) is 10.8. The summed E-state index contributed by atoms with van der Waals surface area (Å²) in [6, 6.07) is 18.9. The predicted molar refractivity (Wildman–Crippen MR) is 128 cm³/mol. The number of rotatable bonds is 8. The molecule has 3 aromatic rings. The summed E-state index contributed by atoms with van der Waals surface area (Å²) in [7, 11) is -3.88. The number of ether oxygens (including phenoxy) is 1. The van der Waals surface area contributed by atoms with E-state index in [1.807, 2.05) is 0 Å². The Morgan fingerprint density at radius 2 is 1.42 bits per heavy atom. The lowest BCUT2D eigenvalue weighted by molar-refractivity contribution is -0.151. The molecule has 1 heterocycles. The summed E-state index contributed by atoms with van der Waals surface area (Å²) in [6.07, 6.45) is 0.00177. The molecule has 3 N–H and O–H groups in total. The average molecular weight is 508 g/mol. The first kappa shape index (κ1) is 24.8. The third-order valence-corrected chi connectivity index (χ3v) is 6.42. The zero-order valence-corrected chi connectivity index (χ0v) is 19.6. The SMILES string of the molecule is NS(=O)(=O)c1ccc(NC(=O)COC(=O)[C@@H](Cc2ccccc2)N2C(=O)c3ccccc3C2=O)cc1. The van der Waals surface area contributed by atoms with Crippen molar-refractivity contribution in [1.82, 2.24) is 4.90 Å². The minimum absolute atomic E-state index is 0.00177. The molecule has 0 unspecified atom stereocenters. The molecule has 10 nitrogen and oxygen atoms in total. The lowest BCUT2D eigenvalue weighted by Crippen LogP contribution is -2.47. The maximum absolute atomic E-state index is 13.1. The fourth-order valence-corrected chi connectivity index (χ4v) is 4.28. The lowest BCUT2D eigenvalue weighted by atomic mass is 10.0. The monoisotopic (exact) mass is 507 g/mol. The summed E-state index contributed by atoms with van der Waals surface area (Å²) in [6.45, 7) is -0.690. The van der Waals surface area contributed by atoms with Crippen LogP contribution in [0.2, 0.25) is 0 Å². The number of amides is 3. The van der Waals surface area contributed by atoms with E-state index >= 15 is 0 Å². The highest BCUT2D eigenvalue weighted by Crippen LogP contribution is 2.26. The second-order valence-electron chi connectivity index (χ2n) is 7.96. The van der Waals surface area contributed by atoms with Gasteiger partial charge >= 0.3 is 5.97 Å². The molecule has 184 valence electrons. The van der Waals surface area contributed by atoms with Gasteiger partial charge in [0.05, 0.1) is 16.0 Å². The Hall–Kier alpha value is -4.35. The fourth-order valence-electron chi connectivity index (χ4n) is 3.77. The van der Waals surface area contributed by atoms with Crippen molar-refractivity contribution in [2.24, 2.45) is 5.14 Å². The van der Waals surface area contributed by atoms with Gasteiger partial charge in [-0.2, -0.15) is 0 Å². The number of sulfonamides is 1. The topological polar surface area (TPSA) is 153 Å². The van der Waals surface area contributed by atoms with Crippen LogP contribution in [-0.4, -0.2) is 49.7 Å². The van der Waals surface area contributed by atoms with Crippen LogP contribution in [-0.2, 0) is 30.8 Å². The maximum Gasteiger partial charge on any atom is 0.330 e. The summed E-state index contributed by atoms with van der Waals surface area (Å²) in [5.74, 6) is -2.86. The molecule has 0 fully saturated rings. The highest BCUT2D eigenvalue weighted by molar-refractivity contribution is 7.89. The normalized spacial score (nSPS) is 13.8. The lowest BCUT2D eigenvalue weighted by Gasteiger charge is -2.24. The third kappa shape index (κ3) is 5.32. The van der Waals surface area contributed by atoms with E-state index in [0.29, 0.717) is 5.56 Å². The summed E-state index contributed by atoms with van der Waals surface area (Å²) in [5.41, 5.74) is 1.32. The van der Waals surface area contributed by atoms with Gasteiger partial charge in [0.15, 0.2) is 6.61 Å². The Morgan fingerprint density at radius 1 is 0.861 bits per heavy atom. The van der Waals surface area contributed by atoms with E-state index < -0.39 is 46.4 Å². The number of nitrogens with zero attached hydrogens (tertiary/aromatic N) is 1. The smallest absolute Gasteiger partial charge is 0.330 e. The van der Waals surface area contributed by atoms with Gasteiger partial charge in [-0.25, -0.2) is 18.4 Å². The number of fused-ring (bicyclic) bond motifs is 1. The second kappa shape index (κ2) is 10.1. The van der Waals surface area contributed by atoms with E-state index in [1.54, 1.807) is 42.5 Å². The van der Waals surface area contributed by atoms with Crippen molar-refractivity contribution in [2.75, 3.05) is 11.9 Å². The maximum atomic E-state index is 13.1. The zero-order chi connectivity index (χ0) is 25.9. The van der Waals surface area contributed by atoms with Gasteiger partial charge in [0, 0.05) is 12.1 Å². The number of nitrogens with two attached hydrogens (primary N) is 1. The number of carbonyl (C=O) groups is 4. The van der Waals surface area contributed by atoms with Crippen LogP contribution in [0.4, 0.5) is 5.69 Å². The fraction of sp³-hybridized carbons (Fsp3) is 0.120. The number of hydrogen-bond acceptors (Lipinski definition) is 7. The Labute approximate surface area is 206 Å². The minimum atomic E-state index is -3.88. The zero-order valence-electron chi connectivity index (χ0n) is 18.8. The van der Waals surface area contributed by atoms with Gasteiger partial charge in [0.1, 0.15) is 6.04 Å². The van der Waals surface area contributed by atoms with E-state index in [-0.39, 0.29) is 28.1 Å². The molecule has 11 heteroatoms. The van der Waals surface area contributed by atoms with E-state index in [9.17, 15) is 27.6 Å².